The molecule has 1 aromatic heterocycles. The number of pyridine rings is 1. The normalized spacial score (nSPS) is 27.4. The smallest absolute Gasteiger partial charge is 0.416 e. The maximum absolute atomic E-state index is 14.1. The monoisotopic (exact) mass is 609 g/mol. The summed E-state index contributed by atoms with van der Waals surface area (Å²) in [4.78, 5) is 33.3. The number of allylic oxidation sites excluding steroid dienone is 4. The number of carbonyl (C=O) groups excluding carboxylic acids is 2. The fourth-order valence-corrected chi connectivity index (χ4v) is 6.95. The number of likely N-dealkylation sites (N-methyl/N-ethyl adjacent to an activating group) is 1. The Balaban J connectivity index is 0.997. The van der Waals surface area contributed by atoms with Crippen molar-refractivity contribution in [1.82, 2.24) is 20.1 Å². The van der Waals surface area contributed by atoms with Gasteiger partial charge in [0.1, 0.15) is 29.2 Å². The lowest BCUT2D eigenvalue weighted by molar-refractivity contribution is -0.138. The molecule has 2 saturated heterocycles. The van der Waals surface area contributed by atoms with Crippen LogP contribution in [0.3, 0.4) is 0 Å². The Hall–Kier alpha value is -3.90. The first-order chi connectivity index (χ1) is 21.0. The highest BCUT2D eigenvalue weighted by Crippen LogP contribution is 2.55. The highest BCUT2D eigenvalue weighted by molar-refractivity contribution is 5.95. The number of halogens is 3. The summed E-state index contributed by atoms with van der Waals surface area (Å²) in [5, 5.41) is 5.69. The van der Waals surface area contributed by atoms with Crippen LogP contribution in [0.1, 0.15) is 46.3 Å². The number of nitrogens with zero attached hydrogens (tertiary/aromatic N) is 3. The van der Waals surface area contributed by atoms with Gasteiger partial charge < -0.3 is 25.0 Å². The topological polar surface area (TPSA) is 96.0 Å². The number of nitrogens with one attached hydrogen (secondary N) is 2. The van der Waals surface area contributed by atoms with Crippen molar-refractivity contribution in [3.63, 3.8) is 0 Å². The minimum Gasteiger partial charge on any atom is -0.492 e. The van der Waals surface area contributed by atoms with Crippen LogP contribution >= 0.6 is 0 Å². The van der Waals surface area contributed by atoms with E-state index in [9.17, 15) is 22.8 Å². The molecule has 5 aliphatic rings. The van der Waals surface area contributed by atoms with Gasteiger partial charge in [0, 0.05) is 67.7 Å². The average Bonchev–Trinajstić information content (AvgIpc) is 3.28. The van der Waals surface area contributed by atoms with Crippen LogP contribution in [0.4, 0.5) is 19.0 Å². The number of ether oxygens (including phenoxy) is 2. The fraction of sp³-hybridized carbons (Fsp3) is 0.469. The summed E-state index contributed by atoms with van der Waals surface area (Å²) < 4.78 is 54.6. The van der Waals surface area contributed by atoms with Crippen molar-refractivity contribution < 1.29 is 32.2 Å². The zero-order chi connectivity index (χ0) is 30.7. The van der Waals surface area contributed by atoms with Crippen LogP contribution in [0, 0.1) is 11.8 Å². The third kappa shape index (κ3) is 5.45. The van der Waals surface area contributed by atoms with Gasteiger partial charge in [0.25, 0.3) is 5.91 Å². The van der Waals surface area contributed by atoms with E-state index >= 15 is 0 Å². The van der Waals surface area contributed by atoms with Gasteiger partial charge in [-0.25, -0.2) is 4.98 Å². The van der Waals surface area contributed by atoms with Gasteiger partial charge in [0.2, 0.25) is 5.91 Å². The first-order valence-corrected chi connectivity index (χ1v) is 15.0. The Bertz CT molecular complexity index is 1570. The van der Waals surface area contributed by atoms with Gasteiger partial charge >= 0.3 is 6.18 Å². The second-order valence-corrected chi connectivity index (χ2v) is 12.5. The number of anilines is 1. The maximum atomic E-state index is 14.1. The van der Waals surface area contributed by atoms with Crippen molar-refractivity contribution in [2.24, 2.45) is 11.8 Å². The Morgan fingerprint density at radius 2 is 2.07 bits per heavy atom. The lowest BCUT2D eigenvalue weighted by Gasteiger charge is -2.24. The molecule has 0 spiro atoms. The standard InChI is InChI=1S/C32H34F3N5O4/c1-39(2)19-10-12-40(16-19)15-18-4-3-17(13-23(18)32(33,34)35)31(42)38-28-27-22-14-20(5-7-24(22)44-29(27)28)43-25-9-11-36-30-21(25)6-8-26(41)37-30/h3-5,7,9,11,13,19,22,27-29H,6,8,10,12,14-16H2,1-2H3,(H,38,42)(H,36,37,41)/t19-,22?,27-,28-,29-/m0/s1. The van der Waals surface area contributed by atoms with Crippen LogP contribution in [0.15, 0.2) is 54.1 Å². The molecule has 232 valence electrons. The van der Waals surface area contributed by atoms with Gasteiger partial charge in [0.15, 0.2) is 0 Å². The molecule has 2 amide bonds. The van der Waals surface area contributed by atoms with Gasteiger partial charge in [-0.3, -0.25) is 14.5 Å². The summed E-state index contributed by atoms with van der Waals surface area (Å²) in [6.07, 6.45) is 2.90. The highest BCUT2D eigenvalue weighted by Gasteiger charge is 2.64. The molecule has 3 fully saturated rings. The van der Waals surface area contributed by atoms with Gasteiger partial charge in [-0.1, -0.05) is 6.07 Å². The zero-order valence-electron chi connectivity index (χ0n) is 24.5. The van der Waals surface area contributed by atoms with E-state index in [-0.39, 0.29) is 47.6 Å². The number of hydrogen-bond acceptors (Lipinski definition) is 7. The first-order valence-electron chi connectivity index (χ1n) is 15.0. The molecule has 0 radical (unpaired) electrons. The molecule has 2 N–H and O–H groups in total. The molecule has 7 rings (SSSR count). The minimum absolute atomic E-state index is 0.00399. The van der Waals surface area contributed by atoms with Crippen molar-refractivity contribution in [3.05, 3.63) is 76.4 Å². The number of hydrogen-bond donors (Lipinski definition) is 2. The molecule has 12 heteroatoms. The van der Waals surface area contributed by atoms with Crippen molar-refractivity contribution in [2.75, 3.05) is 32.5 Å². The number of likely N-dealkylation sites (tertiary alicyclic amines) is 1. The van der Waals surface area contributed by atoms with E-state index in [0.29, 0.717) is 43.4 Å². The third-order valence-corrected chi connectivity index (χ3v) is 9.42. The molecule has 9 nitrogen and oxygen atoms in total. The number of fused-ring (bicyclic) bond motifs is 4. The summed E-state index contributed by atoms with van der Waals surface area (Å²) in [6, 6.07) is 5.69. The molecule has 1 unspecified atom stereocenters. The number of amides is 2. The summed E-state index contributed by atoms with van der Waals surface area (Å²) in [7, 11) is 3.96. The molecule has 1 saturated carbocycles. The Kier molecular flexibility index (Phi) is 7.16. The molecular formula is C32H34F3N5O4. The van der Waals surface area contributed by atoms with Gasteiger partial charge in [-0.15, -0.1) is 0 Å². The number of aromatic nitrogens is 1. The van der Waals surface area contributed by atoms with Crippen LogP contribution in [0.5, 0.6) is 5.75 Å². The average molecular weight is 610 g/mol. The summed E-state index contributed by atoms with van der Waals surface area (Å²) in [6.45, 7) is 1.63. The summed E-state index contributed by atoms with van der Waals surface area (Å²) in [5.74, 6) is 2.07. The van der Waals surface area contributed by atoms with E-state index in [1.807, 2.05) is 31.1 Å². The molecule has 2 aliphatic carbocycles. The van der Waals surface area contributed by atoms with Gasteiger partial charge in [0.05, 0.1) is 11.6 Å². The Morgan fingerprint density at radius 1 is 1.23 bits per heavy atom. The van der Waals surface area contributed by atoms with Gasteiger partial charge in [-0.05, 0) is 62.9 Å². The Morgan fingerprint density at radius 3 is 2.84 bits per heavy atom. The van der Waals surface area contributed by atoms with Gasteiger partial charge in [-0.2, -0.15) is 13.2 Å². The molecule has 4 heterocycles. The minimum atomic E-state index is -4.57. The third-order valence-electron chi connectivity index (χ3n) is 9.42. The van der Waals surface area contributed by atoms with Crippen LogP contribution in [-0.2, 0) is 28.7 Å². The number of rotatable bonds is 7. The molecule has 5 atom stereocenters. The lowest BCUT2D eigenvalue weighted by atomic mass is 9.93. The van der Waals surface area contributed by atoms with E-state index in [2.05, 4.69) is 20.5 Å². The van der Waals surface area contributed by atoms with Crippen LogP contribution in [-0.4, -0.2) is 72.0 Å². The number of carbonyl (C=O) groups is 2. The molecule has 1 aromatic carbocycles. The van der Waals surface area contributed by atoms with Crippen molar-refractivity contribution in [3.8, 4) is 5.75 Å². The predicted octanol–water partition coefficient (Wildman–Crippen LogP) is 4.11. The number of alkyl halides is 3. The summed E-state index contributed by atoms with van der Waals surface area (Å²) in [5.41, 5.74) is 0.237. The molecule has 44 heavy (non-hydrogen) atoms. The van der Waals surface area contributed by atoms with E-state index in [1.165, 1.54) is 12.1 Å². The first kappa shape index (κ1) is 28.8. The largest absolute Gasteiger partial charge is 0.492 e. The molecule has 0 bridgehead atoms. The summed E-state index contributed by atoms with van der Waals surface area (Å²) >= 11 is 0. The van der Waals surface area contributed by atoms with Crippen molar-refractivity contribution in [1.29, 1.82) is 0 Å². The maximum Gasteiger partial charge on any atom is 0.416 e. The lowest BCUT2D eigenvalue weighted by Crippen LogP contribution is -2.32. The number of benzene rings is 1. The fourth-order valence-electron chi connectivity index (χ4n) is 6.95. The molecule has 3 aliphatic heterocycles. The Labute approximate surface area is 253 Å². The van der Waals surface area contributed by atoms with E-state index < -0.39 is 17.6 Å². The van der Waals surface area contributed by atoms with Crippen LogP contribution in [0.25, 0.3) is 0 Å². The second kappa shape index (κ2) is 10.9. The van der Waals surface area contributed by atoms with Crippen molar-refractivity contribution >= 4 is 17.6 Å². The quantitative estimate of drug-likeness (QED) is 0.488. The highest BCUT2D eigenvalue weighted by atomic mass is 19.4. The molecule has 2 aromatic rings. The SMILES string of the molecule is CN(C)[C@H]1CCN(Cc2ccc(C(=O)N[C@@H]3[C@H]4OC5=CC=C(Oc6ccnc7c6CCC(=O)N7)CC5[C@@H]34)cc2C(F)(F)F)C1. The predicted molar refractivity (Wildman–Crippen MR) is 155 cm³/mol. The van der Waals surface area contributed by atoms with Crippen LogP contribution < -0.4 is 15.4 Å². The van der Waals surface area contributed by atoms with E-state index in [4.69, 9.17) is 9.47 Å². The molecular weight excluding hydrogens is 575 g/mol. The second-order valence-electron chi connectivity index (χ2n) is 12.5. The van der Waals surface area contributed by atoms with E-state index in [0.717, 1.165) is 36.1 Å². The zero-order valence-corrected chi connectivity index (χ0v) is 24.5. The van der Waals surface area contributed by atoms with Crippen molar-refractivity contribution in [2.45, 2.75) is 56.6 Å². The van der Waals surface area contributed by atoms with Crippen LogP contribution in [0.2, 0.25) is 0 Å². The van der Waals surface area contributed by atoms with E-state index in [1.54, 1.807) is 12.3 Å².